The number of hydrogen-bond acceptors (Lipinski definition) is 3. The van der Waals surface area contributed by atoms with Crippen molar-refractivity contribution in [1.82, 2.24) is 10.6 Å². The van der Waals surface area contributed by atoms with E-state index in [4.69, 9.17) is 9.47 Å². The molecule has 0 saturated heterocycles. The van der Waals surface area contributed by atoms with E-state index in [0.29, 0.717) is 19.1 Å². The van der Waals surface area contributed by atoms with Gasteiger partial charge < -0.3 is 20.1 Å². The standard InChI is InChI=1S/C18H31N3O2.HI/c1-6-19-18(21-15(4)13-22-5)20-11-16-8-7-9-17(10-16)23-12-14(2)3;/h7-10,14-15H,6,11-13H2,1-5H3,(H2,19,20,21);1H. The van der Waals surface area contributed by atoms with Crippen LogP contribution in [-0.2, 0) is 11.3 Å². The topological polar surface area (TPSA) is 54.9 Å². The molecule has 0 fully saturated rings. The average Bonchev–Trinajstić information content (AvgIpc) is 2.51. The fraction of sp³-hybridized carbons (Fsp3) is 0.611. The van der Waals surface area contributed by atoms with E-state index in [-0.39, 0.29) is 30.0 Å². The van der Waals surface area contributed by atoms with Gasteiger partial charge in [0, 0.05) is 19.7 Å². The quantitative estimate of drug-likeness (QED) is 0.345. The van der Waals surface area contributed by atoms with E-state index in [1.807, 2.05) is 18.2 Å². The molecule has 0 spiro atoms. The van der Waals surface area contributed by atoms with Crippen LogP contribution in [0.1, 0.15) is 33.3 Å². The van der Waals surface area contributed by atoms with Crippen molar-refractivity contribution >= 4 is 29.9 Å². The maximum atomic E-state index is 5.76. The summed E-state index contributed by atoms with van der Waals surface area (Å²) in [7, 11) is 1.70. The van der Waals surface area contributed by atoms with Crippen molar-refractivity contribution in [2.45, 2.75) is 40.3 Å². The first-order valence-electron chi connectivity index (χ1n) is 8.30. The first-order chi connectivity index (χ1) is 11.0. The van der Waals surface area contributed by atoms with Gasteiger partial charge >= 0.3 is 0 Å². The molecule has 2 N–H and O–H groups in total. The molecule has 1 aromatic rings. The molecule has 24 heavy (non-hydrogen) atoms. The third kappa shape index (κ3) is 9.97. The van der Waals surface area contributed by atoms with Crippen molar-refractivity contribution in [3.05, 3.63) is 29.8 Å². The molecule has 5 nitrogen and oxygen atoms in total. The number of rotatable bonds is 9. The highest BCUT2D eigenvalue weighted by Crippen LogP contribution is 2.15. The van der Waals surface area contributed by atoms with Crippen LogP contribution in [0.2, 0.25) is 0 Å². The van der Waals surface area contributed by atoms with Crippen LogP contribution in [0, 0.1) is 5.92 Å². The Balaban J connectivity index is 0.00000529. The molecule has 0 aliphatic carbocycles. The van der Waals surface area contributed by atoms with Gasteiger partial charge in [0.25, 0.3) is 0 Å². The van der Waals surface area contributed by atoms with Gasteiger partial charge in [-0.05, 0) is 37.5 Å². The van der Waals surface area contributed by atoms with Crippen LogP contribution in [0.25, 0.3) is 0 Å². The molecule has 1 rings (SSSR count). The summed E-state index contributed by atoms with van der Waals surface area (Å²) in [6, 6.07) is 8.31. The summed E-state index contributed by atoms with van der Waals surface area (Å²) >= 11 is 0. The van der Waals surface area contributed by atoms with Crippen LogP contribution in [0.4, 0.5) is 0 Å². The first-order valence-corrected chi connectivity index (χ1v) is 8.30. The summed E-state index contributed by atoms with van der Waals surface area (Å²) in [5, 5.41) is 6.58. The molecule has 0 heterocycles. The first kappa shape index (κ1) is 23.0. The summed E-state index contributed by atoms with van der Waals surface area (Å²) in [6.07, 6.45) is 0. The fourth-order valence-corrected chi connectivity index (χ4v) is 2.01. The SMILES string of the molecule is CCNC(=NCc1cccc(OCC(C)C)c1)NC(C)COC.I. The van der Waals surface area contributed by atoms with Gasteiger partial charge in [-0.25, -0.2) is 4.99 Å². The summed E-state index contributed by atoms with van der Waals surface area (Å²) in [5.74, 6) is 2.21. The molecule has 1 atom stereocenters. The lowest BCUT2D eigenvalue weighted by Gasteiger charge is -2.17. The van der Waals surface area contributed by atoms with Crippen LogP contribution in [-0.4, -0.2) is 38.9 Å². The minimum absolute atomic E-state index is 0. The van der Waals surface area contributed by atoms with E-state index in [2.05, 4.69) is 49.4 Å². The van der Waals surface area contributed by atoms with Crippen molar-refractivity contribution in [1.29, 1.82) is 0 Å². The van der Waals surface area contributed by atoms with Gasteiger partial charge in [0.2, 0.25) is 0 Å². The van der Waals surface area contributed by atoms with Gasteiger partial charge in [-0.15, -0.1) is 24.0 Å². The van der Waals surface area contributed by atoms with Gasteiger partial charge in [0.15, 0.2) is 5.96 Å². The lowest BCUT2D eigenvalue weighted by atomic mass is 10.2. The molecule has 0 aromatic heterocycles. The molecule has 0 saturated carbocycles. The molecule has 1 aromatic carbocycles. The summed E-state index contributed by atoms with van der Waals surface area (Å²) in [6.45, 7) is 11.2. The summed E-state index contributed by atoms with van der Waals surface area (Å²) < 4.78 is 10.9. The molecule has 6 heteroatoms. The Bertz CT molecular complexity index is 481. The highest BCUT2D eigenvalue weighted by Gasteiger charge is 2.05. The highest BCUT2D eigenvalue weighted by atomic mass is 127. The number of hydrogen-bond donors (Lipinski definition) is 2. The van der Waals surface area contributed by atoms with Crippen molar-refractivity contribution in [3.8, 4) is 5.75 Å². The molecule has 0 aliphatic rings. The predicted octanol–water partition coefficient (Wildman–Crippen LogP) is 3.43. The normalized spacial score (nSPS) is 12.5. The Hall–Kier alpha value is -1.02. The number of nitrogens with one attached hydrogen (secondary N) is 2. The smallest absolute Gasteiger partial charge is 0.191 e. The Morgan fingerprint density at radius 1 is 1.21 bits per heavy atom. The maximum absolute atomic E-state index is 5.76. The second-order valence-electron chi connectivity index (χ2n) is 6.05. The third-order valence-electron chi connectivity index (χ3n) is 3.05. The Morgan fingerprint density at radius 3 is 2.58 bits per heavy atom. The fourth-order valence-electron chi connectivity index (χ4n) is 2.01. The molecule has 1 unspecified atom stereocenters. The van der Waals surface area contributed by atoms with Crippen LogP contribution >= 0.6 is 24.0 Å². The number of aliphatic imine (C=N–C) groups is 1. The van der Waals surface area contributed by atoms with Crippen molar-refractivity contribution < 1.29 is 9.47 Å². The summed E-state index contributed by atoms with van der Waals surface area (Å²) in [5.41, 5.74) is 1.13. The Kier molecular flexibility index (Phi) is 12.7. The minimum atomic E-state index is 0. The van der Waals surface area contributed by atoms with Crippen LogP contribution in [0.5, 0.6) is 5.75 Å². The number of ether oxygens (including phenoxy) is 2. The number of nitrogens with zero attached hydrogens (tertiary/aromatic N) is 1. The molecule has 0 aliphatic heterocycles. The zero-order valence-corrected chi connectivity index (χ0v) is 17.8. The molecular weight excluding hydrogens is 417 g/mol. The van der Waals surface area contributed by atoms with E-state index >= 15 is 0 Å². The Labute approximate surface area is 163 Å². The van der Waals surface area contributed by atoms with Crippen molar-refractivity contribution in [3.63, 3.8) is 0 Å². The van der Waals surface area contributed by atoms with Crippen molar-refractivity contribution in [2.75, 3.05) is 26.9 Å². The number of methoxy groups -OCH3 is 1. The monoisotopic (exact) mass is 449 g/mol. The molecular formula is C18H32IN3O2. The van der Waals surface area contributed by atoms with E-state index in [1.54, 1.807) is 7.11 Å². The molecule has 0 amide bonds. The van der Waals surface area contributed by atoms with E-state index in [0.717, 1.165) is 30.4 Å². The Morgan fingerprint density at radius 2 is 1.96 bits per heavy atom. The van der Waals surface area contributed by atoms with E-state index < -0.39 is 0 Å². The van der Waals surface area contributed by atoms with Gasteiger partial charge in [-0.3, -0.25) is 0 Å². The zero-order chi connectivity index (χ0) is 17.1. The highest BCUT2D eigenvalue weighted by molar-refractivity contribution is 14.0. The van der Waals surface area contributed by atoms with Gasteiger partial charge in [0.05, 0.1) is 19.8 Å². The largest absolute Gasteiger partial charge is 0.493 e. The molecule has 0 radical (unpaired) electrons. The zero-order valence-electron chi connectivity index (χ0n) is 15.5. The number of halogens is 1. The third-order valence-corrected chi connectivity index (χ3v) is 3.05. The lowest BCUT2D eigenvalue weighted by Crippen LogP contribution is -2.43. The second kappa shape index (κ2) is 13.3. The van der Waals surface area contributed by atoms with Crippen LogP contribution in [0.15, 0.2) is 29.3 Å². The lowest BCUT2D eigenvalue weighted by molar-refractivity contribution is 0.179. The van der Waals surface area contributed by atoms with Crippen LogP contribution < -0.4 is 15.4 Å². The van der Waals surface area contributed by atoms with Crippen LogP contribution in [0.3, 0.4) is 0 Å². The van der Waals surface area contributed by atoms with E-state index in [9.17, 15) is 0 Å². The van der Waals surface area contributed by atoms with Gasteiger partial charge in [-0.2, -0.15) is 0 Å². The number of guanidine groups is 1. The number of benzene rings is 1. The summed E-state index contributed by atoms with van der Waals surface area (Å²) in [4.78, 5) is 4.63. The van der Waals surface area contributed by atoms with Gasteiger partial charge in [0.1, 0.15) is 5.75 Å². The minimum Gasteiger partial charge on any atom is -0.493 e. The maximum Gasteiger partial charge on any atom is 0.191 e. The second-order valence-corrected chi connectivity index (χ2v) is 6.05. The predicted molar refractivity (Wildman–Crippen MR) is 111 cm³/mol. The van der Waals surface area contributed by atoms with Crippen molar-refractivity contribution in [2.24, 2.45) is 10.9 Å². The average molecular weight is 449 g/mol. The molecule has 0 bridgehead atoms. The molecule has 138 valence electrons. The van der Waals surface area contributed by atoms with Gasteiger partial charge in [-0.1, -0.05) is 26.0 Å². The van der Waals surface area contributed by atoms with E-state index in [1.165, 1.54) is 0 Å².